The van der Waals surface area contributed by atoms with Crippen LogP contribution in [0.25, 0.3) is 0 Å². The molecule has 0 saturated carbocycles. The molecule has 0 fully saturated rings. The number of ether oxygens (including phenoxy) is 1. The lowest BCUT2D eigenvalue weighted by Crippen LogP contribution is -2.31. The van der Waals surface area contributed by atoms with Gasteiger partial charge in [0.05, 0.1) is 0 Å². The monoisotopic (exact) mass is 315 g/mol. The van der Waals surface area contributed by atoms with Crippen molar-refractivity contribution in [3.05, 3.63) is 65.7 Å². The fourth-order valence-electron chi connectivity index (χ4n) is 2.75. The number of rotatable bonds is 8. The summed E-state index contributed by atoms with van der Waals surface area (Å²) in [6.45, 7) is 0.435. The first-order chi connectivity index (χ1) is 11.2. The zero-order chi connectivity index (χ0) is 16.7. The first-order valence-corrected chi connectivity index (χ1v) is 7.80. The Kier molecular flexibility index (Phi) is 6.59. The predicted octanol–water partition coefficient (Wildman–Crippen LogP) is 2.47. The second kappa shape index (κ2) is 8.67. The summed E-state index contributed by atoms with van der Waals surface area (Å²) in [6.07, 6.45) is 0. The van der Waals surface area contributed by atoms with E-state index in [0.717, 1.165) is 16.9 Å². The van der Waals surface area contributed by atoms with Gasteiger partial charge < -0.3 is 19.8 Å². The van der Waals surface area contributed by atoms with Crippen molar-refractivity contribution in [3.8, 4) is 5.75 Å². The molecule has 124 valence electrons. The second-order valence-corrected chi connectivity index (χ2v) is 5.88. The fourth-order valence-corrected chi connectivity index (χ4v) is 2.75. The van der Waals surface area contributed by atoms with Crippen molar-refractivity contribution in [3.63, 3.8) is 0 Å². The Balaban J connectivity index is 2.05. The van der Waals surface area contributed by atoms with Crippen molar-refractivity contribution in [1.82, 2.24) is 4.90 Å². The van der Waals surface area contributed by atoms with Crippen molar-refractivity contribution in [1.29, 1.82) is 0 Å². The van der Waals surface area contributed by atoms with Gasteiger partial charge in [0, 0.05) is 25.2 Å². The third-order valence-electron chi connectivity index (χ3n) is 3.94. The van der Waals surface area contributed by atoms with Crippen molar-refractivity contribution in [2.75, 3.05) is 27.3 Å². The third-order valence-corrected chi connectivity index (χ3v) is 3.94. The lowest BCUT2D eigenvalue weighted by molar-refractivity contribution is 0.0808. The fraction of sp³-hybridized carbons (Fsp3) is 0.368. The molecule has 0 aromatic heterocycles. The standard InChI is InChI=1S/C19H25NO3/c1-20(2)19(17(12-21)13-22)16-8-10-18(11-9-16)23-14-15-6-4-3-5-7-15/h3-11,17,19,21-22H,12-14H2,1-2H3/t19-/m1/s1. The van der Waals surface area contributed by atoms with Gasteiger partial charge in [-0.05, 0) is 37.4 Å². The van der Waals surface area contributed by atoms with E-state index < -0.39 is 0 Å². The highest BCUT2D eigenvalue weighted by Crippen LogP contribution is 2.28. The van der Waals surface area contributed by atoms with Crippen LogP contribution in [0.5, 0.6) is 5.75 Å². The maximum Gasteiger partial charge on any atom is 0.119 e. The molecule has 2 rings (SSSR count). The molecule has 0 aliphatic heterocycles. The maximum atomic E-state index is 9.46. The van der Waals surface area contributed by atoms with E-state index in [2.05, 4.69) is 0 Å². The molecular weight excluding hydrogens is 290 g/mol. The van der Waals surface area contributed by atoms with Crippen molar-refractivity contribution < 1.29 is 14.9 Å². The zero-order valence-corrected chi connectivity index (χ0v) is 13.7. The summed E-state index contributed by atoms with van der Waals surface area (Å²) in [5.74, 6) is 0.598. The molecule has 0 saturated heterocycles. The highest BCUT2D eigenvalue weighted by atomic mass is 16.5. The number of nitrogens with zero attached hydrogens (tertiary/aromatic N) is 1. The Labute approximate surface area is 138 Å². The summed E-state index contributed by atoms with van der Waals surface area (Å²) < 4.78 is 5.79. The van der Waals surface area contributed by atoms with Crippen molar-refractivity contribution in [2.45, 2.75) is 12.6 Å². The molecule has 0 bridgehead atoms. The molecule has 0 amide bonds. The van der Waals surface area contributed by atoms with Crippen LogP contribution in [-0.2, 0) is 6.61 Å². The maximum absolute atomic E-state index is 9.46. The van der Waals surface area contributed by atoms with Crippen LogP contribution in [0.15, 0.2) is 54.6 Å². The molecule has 2 aromatic carbocycles. The molecule has 0 unspecified atom stereocenters. The van der Waals surface area contributed by atoms with E-state index in [-0.39, 0.29) is 25.2 Å². The summed E-state index contributed by atoms with van der Waals surface area (Å²) in [4.78, 5) is 2.01. The highest BCUT2D eigenvalue weighted by Gasteiger charge is 2.24. The second-order valence-electron chi connectivity index (χ2n) is 5.88. The minimum Gasteiger partial charge on any atom is -0.489 e. The molecule has 23 heavy (non-hydrogen) atoms. The van der Waals surface area contributed by atoms with Gasteiger partial charge in [-0.1, -0.05) is 42.5 Å². The van der Waals surface area contributed by atoms with Crippen LogP contribution in [0.1, 0.15) is 17.2 Å². The van der Waals surface area contributed by atoms with Crippen molar-refractivity contribution >= 4 is 0 Å². The van der Waals surface area contributed by atoms with E-state index in [1.165, 1.54) is 0 Å². The molecule has 0 aliphatic rings. The highest BCUT2D eigenvalue weighted by molar-refractivity contribution is 5.30. The summed E-state index contributed by atoms with van der Waals surface area (Å²) in [7, 11) is 3.89. The lowest BCUT2D eigenvalue weighted by atomic mass is 9.93. The number of aliphatic hydroxyl groups excluding tert-OH is 2. The molecule has 0 spiro atoms. The van der Waals surface area contributed by atoms with Gasteiger partial charge in [0.25, 0.3) is 0 Å². The molecule has 0 radical (unpaired) electrons. The van der Waals surface area contributed by atoms with Crippen LogP contribution in [0, 0.1) is 5.92 Å². The van der Waals surface area contributed by atoms with Crippen LogP contribution in [0.3, 0.4) is 0 Å². The van der Waals surface area contributed by atoms with E-state index in [0.29, 0.717) is 6.61 Å². The SMILES string of the molecule is CN(C)[C@H](c1ccc(OCc2ccccc2)cc1)C(CO)CO. The summed E-state index contributed by atoms with van der Waals surface area (Å²) in [5.41, 5.74) is 2.18. The Morgan fingerprint density at radius 1 is 0.913 bits per heavy atom. The third kappa shape index (κ3) is 4.79. The normalized spacial score (nSPS) is 12.6. The first kappa shape index (κ1) is 17.5. The van der Waals surface area contributed by atoms with Crippen molar-refractivity contribution in [2.24, 2.45) is 5.92 Å². The molecular formula is C19H25NO3. The number of hydrogen-bond donors (Lipinski definition) is 2. The smallest absolute Gasteiger partial charge is 0.119 e. The van der Waals surface area contributed by atoms with E-state index in [4.69, 9.17) is 4.74 Å². The van der Waals surface area contributed by atoms with Gasteiger partial charge in [0.2, 0.25) is 0 Å². The van der Waals surface area contributed by atoms with Crippen LogP contribution in [-0.4, -0.2) is 42.4 Å². The average molecular weight is 315 g/mol. The van der Waals surface area contributed by atoms with Crippen LogP contribution in [0.2, 0.25) is 0 Å². The molecule has 2 aromatic rings. The summed E-state index contributed by atoms with van der Waals surface area (Å²) >= 11 is 0. The van der Waals surface area contributed by atoms with Crippen LogP contribution in [0.4, 0.5) is 0 Å². The van der Waals surface area contributed by atoms with Crippen LogP contribution < -0.4 is 4.74 Å². The molecule has 2 N–H and O–H groups in total. The predicted molar refractivity (Wildman–Crippen MR) is 91.3 cm³/mol. The summed E-state index contributed by atoms with van der Waals surface area (Å²) in [5, 5.41) is 18.9. The Morgan fingerprint density at radius 2 is 1.52 bits per heavy atom. The number of benzene rings is 2. The zero-order valence-electron chi connectivity index (χ0n) is 13.7. The first-order valence-electron chi connectivity index (χ1n) is 7.80. The topological polar surface area (TPSA) is 52.9 Å². The van der Waals surface area contributed by atoms with E-state index >= 15 is 0 Å². The molecule has 0 aliphatic carbocycles. The minimum absolute atomic E-state index is 0.0341. The van der Waals surface area contributed by atoms with Gasteiger partial charge in [0.1, 0.15) is 12.4 Å². The Morgan fingerprint density at radius 3 is 2.04 bits per heavy atom. The summed E-state index contributed by atoms with van der Waals surface area (Å²) in [6, 6.07) is 17.8. The molecule has 4 heteroatoms. The molecule has 1 atom stereocenters. The molecule has 0 heterocycles. The molecule has 4 nitrogen and oxygen atoms in total. The van der Waals surface area contributed by atoms with Crippen LogP contribution >= 0.6 is 0 Å². The number of aliphatic hydroxyl groups is 2. The van der Waals surface area contributed by atoms with Gasteiger partial charge in [-0.2, -0.15) is 0 Å². The van der Waals surface area contributed by atoms with E-state index in [9.17, 15) is 10.2 Å². The van der Waals surface area contributed by atoms with E-state index in [1.807, 2.05) is 73.6 Å². The van der Waals surface area contributed by atoms with Gasteiger partial charge in [-0.25, -0.2) is 0 Å². The lowest BCUT2D eigenvalue weighted by Gasteiger charge is -2.30. The van der Waals surface area contributed by atoms with Gasteiger partial charge in [-0.15, -0.1) is 0 Å². The van der Waals surface area contributed by atoms with Gasteiger partial charge in [-0.3, -0.25) is 0 Å². The minimum atomic E-state index is -0.207. The quantitative estimate of drug-likeness (QED) is 0.786. The number of hydrogen-bond acceptors (Lipinski definition) is 4. The average Bonchev–Trinajstić information content (AvgIpc) is 2.59. The Bertz CT molecular complexity index is 565. The van der Waals surface area contributed by atoms with Gasteiger partial charge >= 0.3 is 0 Å². The largest absolute Gasteiger partial charge is 0.489 e. The van der Waals surface area contributed by atoms with Gasteiger partial charge in [0.15, 0.2) is 0 Å². The Hall–Kier alpha value is -1.88. The van der Waals surface area contributed by atoms with E-state index in [1.54, 1.807) is 0 Å².